The van der Waals surface area contributed by atoms with Crippen LogP contribution in [0.15, 0.2) is 18.3 Å². The molecule has 0 N–H and O–H groups in total. The molecule has 1 aliphatic rings. The highest BCUT2D eigenvalue weighted by Gasteiger charge is 2.23. The van der Waals surface area contributed by atoms with Gasteiger partial charge in [0.15, 0.2) is 5.78 Å². The van der Waals surface area contributed by atoms with Gasteiger partial charge in [0, 0.05) is 24.3 Å². The Balaban J connectivity index is 2.18. The van der Waals surface area contributed by atoms with Crippen molar-refractivity contribution in [1.29, 1.82) is 0 Å². The number of hydrogen-bond acceptors (Lipinski definition) is 3. The Morgan fingerprint density at radius 1 is 1.35 bits per heavy atom. The first kappa shape index (κ1) is 12.1. The second-order valence-electron chi connectivity index (χ2n) is 5.15. The minimum absolute atomic E-state index is 0.0733. The molecule has 0 spiro atoms. The Bertz CT molecular complexity index is 399. The van der Waals surface area contributed by atoms with Gasteiger partial charge in [-0.25, -0.2) is 4.98 Å². The number of hydrogen-bond donors (Lipinski definition) is 0. The summed E-state index contributed by atoms with van der Waals surface area (Å²) in [5.41, 5.74) is 0.687. The Labute approximate surface area is 103 Å². The van der Waals surface area contributed by atoms with Gasteiger partial charge in [0.1, 0.15) is 5.82 Å². The molecule has 1 saturated heterocycles. The number of ketones is 1. The lowest BCUT2D eigenvalue weighted by Gasteiger charge is -2.37. The van der Waals surface area contributed by atoms with Gasteiger partial charge in [-0.2, -0.15) is 0 Å². The zero-order valence-corrected chi connectivity index (χ0v) is 10.8. The van der Waals surface area contributed by atoms with E-state index in [1.807, 2.05) is 12.1 Å². The number of carbonyl (C=O) groups is 1. The zero-order chi connectivity index (χ0) is 12.4. The lowest BCUT2D eigenvalue weighted by atomic mass is 9.95. The normalized spacial score (nSPS) is 24.8. The van der Waals surface area contributed by atoms with E-state index in [0.29, 0.717) is 11.6 Å². The molecule has 0 aliphatic carbocycles. The van der Waals surface area contributed by atoms with Crippen molar-refractivity contribution in [3.05, 3.63) is 23.9 Å². The molecule has 2 heterocycles. The maximum absolute atomic E-state index is 11.2. The van der Waals surface area contributed by atoms with Gasteiger partial charge in [-0.05, 0) is 44.7 Å². The van der Waals surface area contributed by atoms with Crippen molar-refractivity contribution in [2.75, 3.05) is 11.4 Å². The minimum atomic E-state index is 0.0733. The van der Waals surface area contributed by atoms with Crippen molar-refractivity contribution in [3.63, 3.8) is 0 Å². The van der Waals surface area contributed by atoms with Gasteiger partial charge in [-0.3, -0.25) is 4.79 Å². The topological polar surface area (TPSA) is 33.2 Å². The van der Waals surface area contributed by atoms with Crippen LogP contribution in [0.4, 0.5) is 5.82 Å². The van der Waals surface area contributed by atoms with E-state index in [-0.39, 0.29) is 5.78 Å². The van der Waals surface area contributed by atoms with Crippen LogP contribution in [0.2, 0.25) is 0 Å². The van der Waals surface area contributed by atoms with Crippen molar-refractivity contribution in [3.8, 4) is 0 Å². The summed E-state index contributed by atoms with van der Waals surface area (Å²) < 4.78 is 0. The molecule has 0 saturated carbocycles. The highest BCUT2D eigenvalue weighted by Crippen LogP contribution is 2.25. The summed E-state index contributed by atoms with van der Waals surface area (Å²) >= 11 is 0. The quantitative estimate of drug-likeness (QED) is 0.735. The smallest absolute Gasteiger partial charge is 0.161 e. The van der Waals surface area contributed by atoms with Crippen LogP contribution in [0.1, 0.15) is 44.0 Å². The molecule has 1 aromatic rings. The van der Waals surface area contributed by atoms with Crippen LogP contribution in [0.5, 0.6) is 0 Å². The fourth-order valence-electron chi connectivity index (χ4n) is 2.37. The predicted molar refractivity (Wildman–Crippen MR) is 69.4 cm³/mol. The van der Waals surface area contributed by atoms with Crippen LogP contribution >= 0.6 is 0 Å². The summed E-state index contributed by atoms with van der Waals surface area (Å²) in [5.74, 6) is 1.79. The van der Waals surface area contributed by atoms with Gasteiger partial charge in [-0.15, -0.1) is 0 Å². The third-order valence-corrected chi connectivity index (χ3v) is 3.57. The summed E-state index contributed by atoms with van der Waals surface area (Å²) in [6.45, 7) is 7.16. The van der Waals surface area contributed by atoms with E-state index in [1.54, 1.807) is 13.1 Å². The van der Waals surface area contributed by atoms with Crippen molar-refractivity contribution in [1.82, 2.24) is 4.98 Å². The molecule has 1 fully saturated rings. The SMILES string of the molecule is CC(=O)c1ccc(N2CC(C)CCC2C)nc1. The van der Waals surface area contributed by atoms with E-state index in [9.17, 15) is 4.79 Å². The molecule has 92 valence electrons. The van der Waals surface area contributed by atoms with Crippen LogP contribution in [0, 0.1) is 5.92 Å². The first-order valence-electron chi connectivity index (χ1n) is 6.31. The number of aromatic nitrogens is 1. The van der Waals surface area contributed by atoms with Crippen LogP contribution in [-0.2, 0) is 0 Å². The van der Waals surface area contributed by atoms with Gasteiger partial charge >= 0.3 is 0 Å². The minimum Gasteiger partial charge on any atom is -0.354 e. The molecule has 0 radical (unpaired) electrons. The molecule has 3 heteroatoms. The third kappa shape index (κ3) is 2.65. The van der Waals surface area contributed by atoms with Crippen LogP contribution in [-0.4, -0.2) is 23.4 Å². The van der Waals surface area contributed by atoms with Crippen molar-refractivity contribution < 1.29 is 4.79 Å². The molecule has 1 aliphatic heterocycles. The summed E-state index contributed by atoms with van der Waals surface area (Å²) in [6, 6.07) is 4.38. The molecule has 0 bridgehead atoms. The Hall–Kier alpha value is -1.38. The van der Waals surface area contributed by atoms with E-state index in [2.05, 4.69) is 23.7 Å². The Morgan fingerprint density at radius 3 is 2.71 bits per heavy atom. The van der Waals surface area contributed by atoms with Gasteiger partial charge in [0.25, 0.3) is 0 Å². The molecule has 2 unspecified atom stereocenters. The largest absolute Gasteiger partial charge is 0.354 e. The molecular weight excluding hydrogens is 212 g/mol. The maximum Gasteiger partial charge on any atom is 0.161 e. The second-order valence-corrected chi connectivity index (χ2v) is 5.15. The number of carbonyl (C=O) groups excluding carboxylic acids is 1. The average molecular weight is 232 g/mol. The number of rotatable bonds is 2. The number of Topliss-reactive ketones (excluding diaryl/α,β-unsaturated/α-hetero) is 1. The summed E-state index contributed by atoms with van der Waals surface area (Å²) in [4.78, 5) is 18.0. The van der Waals surface area contributed by atoms with Crippen molar-refractivity contribution in [2.45, 2.75) is 39.7 Å². The lowest BCUT2D eigenvalue weighted by molar-refractivity contribution is 0.101. The highest BCUT2D eigenvalue weighted by atomic mass is 16.1. The van der Waals surface area contributed by atoms with Gasteiger partial charge < -0.3 is 4.90 Å². The molecule has 0 aromatic carbocycles. The first-order chi connectivity index (χ1) is 8.08. The van der Waals surface area contributed by atoms with Crippen LogP contribution in [0.25, 0.3) is 0 Å². The monoisotopic (exact) mass is 232 g/mol. The summed E-state index contributed by atoms with van der Waals surface area (Å²) in [7, 11) is 0. The Morgan fingerprint density at radius 2 is 2.12 bits per heavy atom. The molecular formula is C14H20N2O. The number of piperidine rings is 1. The Kier molecular flexibility index (Phi) is 3.46. The van der Waals surface area contributed by atoms with Gasteiger partial charge in [0.2, 0.25) is 0 Å². The molecule has 0 amide bonds. The van der Waals surface area contributed by atoms with E-state index < -0.39 is 0 Å². The van der Waals surface area contributed by atoms with E-state index in [1.165, 1.54) is 12.8 Å². The van der Waals surface area contributed by atoms with Gasteiger partial charge in [0.05, 0.1) is 0 Å². The number of pyridine rings is 1. The van der Waals surface area contributed by atoms with E-state index >= 15 is 0 Å². The standard InChI is InChI=1S/C14H20N2O/c1-10-4-5-11(2)16(9-10)14-7-6-13(8-15-14)12(3)17/h6-8,10-11H,4-5,9H2,1-3H3. The molecule has 2 rings (SSSR count). The lowest BCUT2D eigenvalue weighted by Crippen LogP contribution is -2.41. The van der Waals surface area contributed by atoms with Crippen LogP contribution in [0.3, 0.4) is 0 Å². The van der Waals surface area contributed by atoms with Crippen molar-refractivity contribution in [2.24, 2.45) is 5.92 Å². The predicted octanol–water partition coefficient (Wildman–Crippen LogP) is 2.91. The maximum atomic E-state index is 11.2. The zero-order valence-electron chi connectivity index (χ0n) is 10.8. The first-order valence-corrected chi connectivity index (χ1v) is 6.31. The third-order valence-electron chi connectivity index (χ3n) is 3.57. The molecule has 3 nitrogen and oxygen atoms in total. The average Bonchev–Trinajstić information content (AvgIpc) is 2.32. The summed E-state index contributed by atoms with van der Waals surface area (Å²) in [6.07, 6.45) is 4.20. The van der Waals surface area contributed by atoms with E-state index in [4.69, 9.17) is 0 Å². The van der Waals surface area contributed by atoms with Gasteiger partial charge in [-0.1, -0.05) is 6.92 Å². The fourth-order valence-corrected chi connectivity index (χ4v) is 2.37. The number of anilines is 1. The van der Waals surface area contributed by atoms with E-state index in [0.717, 1.165) is 18.3 Å². The molecule has 2 atom stereocenters. The summed E-state index contributed by atoms with van der Waals surface area (Å²) in [5, 5.41) is 0. The van der Waals surface area contributed by atoms with Crippen LogP contribution < -0.4 is 4.90 Å². The highest BCUT2D eigenvalue weighted by molar-refractivity contribution is 5.93. The molecule has 1 aromatic heterocycles. The molecule has 17 heavy (non-hydrogen) atoms. The number of nitrogens with zero attached hydrogens (tertiary/aromatic N) is 2. The van der Waals surface area contributed by atoms with Crippen molar-refractivity contribution >= 4 is 11.6 Å². The fraction of sp³-hybridized carbons (Fsp3) is 0.571. The second kappa shape index (κ2) is 4.86.